The lowest BCUT2D eigenvalue weighted by atomic mass is 9.79. The predicted octanol–water partition coefficient (Wildman–Crippen LogP) is 5.61. The largest absolute Gasteiger partial charge is 0.497 e. The number of carboxylic acid groups (broad SMARTS) is 1. The molecule has 0 aliphatic heterocycles. The van der Waals surface area contributed by atoms with Gasteiger partial charge >= 0.3 is 5.97 Å². The van der Waals surface area contributed by atoms with Gasteiger partial charge < -0.3 is 14.7 Å². The number of carboxylic acids is 1. The quantitative estimate of drug-likeness (QED) is 0.542. The summed E-state index contributed by atoms with van der Waals surface area (Å²) < 4.78 is 5.36. The van der Waals surface area contributed by atoms with E-state index in [9.17, 15) is 9.90 Å². The van der Waals surface area contributed by atoms with Gasteiger partial charge in [0.15, 0.2) is 0 Å². The minimum atomic E-state index is -0.883. The third-order valence-electron chi connectivity index (χ3n) is 6.29. The van der Waals surface area contributed by atoms with E-state index >= 15 is 0 Å². The minimum absolute atomic E-state index is 0.362. The molecule has 4 rings (SSSR count). The molecule has 1 aliphatic rings. The van der Waals surface area contributed by atoms with E-state index in [-0.39, 0.29) is 0 Å². The molecule has 0 amide bonds. The molecule has 5 nitrogen and oxygen atoms in total. The van der Waals surface area contributed by atoms with Gasteiger partial charge in [0.1, 0.15) is 5.75 Å². The molecule has 1 heterocycles. The number of pyridine rings is 1. The molecule has 5 heteroatoms. The van der Waals surface area contributed by atoms with Crippen molar-refractivity contribution >= 4 is 17.3 Å². The van der Waals surface area contributed by atoms with E-state index in [1.807, 2.05) is 18.2 Å². The van der Waals surface area contributed by atoms with Crippen LogP contribution in [0.3, 0.4) is 0 Å². The maximum Gasteiger partial charge on any atom is 0.336 e. The Balaban J connectivity index is 1.53. The molecule has 0 bridgehead atoms. The molecule has 0 radical (unpaired) electrons. The Hall–Kier alpha value is -3.34. The van der Waals surface area contributed by atoms with Gasteiger partial charge in [-0.2, -0.15) is 0 Å². The Labute approximate surface area is 183 Å². The fourth-order valence-corrected chi connectivity index (χ4v) is 4.54. The molecule has 0 spiro atoms. The van der Waals surface area contributed by atoms with E-state index < -0.39 is 5.97 Å². The van der Waals surface area contributed by atoms with Crippen LogP contribution < -0.4 is 9.64 Å². The summed E-state index contributed by atoms with van der Waals surface area (Å²) in [5.41, 5.74) is 6.22. The number of hydrogen-bond acceptors (Lipinski definition) is 4. The van der Waals surface area contributed by atoms with Gasteiger partial charge in [0, 0.05) is 36.9 Å². The molecule has 2 aromatic carbocycles. The summed E-state index contributed by atoms with van der Waals surface area (Å²) in [5, 5.41) is 9.43. The van der Waals surface area contributed by atoms with E-state index in [0.717, 1.165) is 54.8 Å². The van der Waals surface area contributed by atoms with Gasteiger partial charge in [0.25, 0.3) is 0 Å². The van der Waals surface area contributed by atoms with Crippen LogP contribution in [0.5, 0.6) is 5.75 Å². The third-order valence-corrected chi connectivity index (χ3v) is 6.29. The predicted molar refractivity (Wildman–Crippen MR) is 123 cm³/mol. The zero-order chi connectivity index (χ0) is 21.8. The molecular weight excluding hydrogens is 388 g/mol. The van der Waals surface area contributed by atoms with Crippen molar-refractivity contribution < 1.29 is 14.6 Å². The maximum atomic E-state index is 11.5. The van der Waals surface area contributed by atoms with Crippen LogP contribution in [0.25, 0.3) is 0 Å². The van der Waals surface area contributed by atoms with Gasteiger partial charge in [-0.15, -0.1) is 0 Å². The van der Waals surface area contributed by atoms with Crippen molar-refractivity contribution in [1.29, 1.82) is 0 Å². The zero-order valence-corrected chi connectivity index (χ0v) is 18.0. The smallest absolute Gasteiger partial charge is 0.336 e. The van der Waals surface area contributed by atoms with Crippen LogP contribution in [0.1, 0.15) is 52.2 Å². The summed E-state index contributed by atoms with van der Waals surface area (Å²) in [6.45, 7) is 0. The SMILES string of the molecule is COc1cccc(N(C)c2ccc3c(c2)CCC[C@H]3CCc2cnccc2C(=O)O)c1. The standard InChI is InChI=1S/C26H28N2O3/c1-28(21-7-4-8-23(16-21)31-2)22-11-12-24-18(5-3-6-19(24)15-22)9-10-20-17-27-14-13-25(20)26(29)30/h4,7-8,11-18H,3,5-6,9-10H2,1-2H3,(H,29,30)/t18-/m0/s1. The minimum Gasteiger partial charge on any atom is -0.497 e. The van der Waals surface area contributed by atoms with Gasteiger partial charge in [0.05, 0.1) is 12.7 Å². The zero-order valence-electron chi connectivity index (χ0n) is 18.0. The molecule has 0 fully saturated rings. The molecule has 1 aliphatic carbocycles. The van der Waals surface area contributed by atoms with Crippen LogP contribution in [-0.2, 0) is 12.8 Å². The average molecular weight is 417 g/mol. The normalized spacial score (nSPS) is 15.2. The van der Waals surface area contributed by atoms with Crippen LogP contribution in [0.2, 0.25) is 0 Å². The fraction of sp³-hybridized carbons (Fsp3) is 0.308. The first kappa shape index (κ1) is 20.9. The topological polar surface area (TPSA) is 62.7 Å². The lowest BCUT2D eigenvalue weighted by Gasteiger charge is -2.28. The second-order valence-corrected chi connectivity index (χ2v) is 8.11. The van der Waals surface area contributed by atoms with Crippen molar-refractivity contribution in [2.75, 3.05) is 19.1 Å². The molecule has 0 saturated carbocycles. The second kappa shape index (κ2) is 9.21. The summed E-state index contributed by atoms with van der Waals surface area (Å²) in [6.07, 6.45) is 8.28. The number of aromatic nitrogens is 1. The maximum absolute atomic E-state index is 11.5. The van der Waals surface area contributed by atoms with E-state index in [1.54, 1.807) is 25.6 Å². The van der Waals surface area contributed by atoms with Crippen molar-refractivity contribution in [2.45, 2.75) is 38.0 Å². The van der Waals surface area contributed by atoms with Crippen molar-refractivity contribution in [2.24, 2.45) is 0 Å². The van der Waals surface area contributed by atoms with E-state index in [0.29, 0.717) is 11.5 Å². The summed E-state index contributed by atoms with van der Waals surface area (Å²) in [7, 11) is 3.76. The molecule has 0 saturated heterocycles. The highest BCUT2D eigenvalue weighted by molar-refractivity contribution is 5.89. The molecule has 1 atom stereocenters. The number of methoxy groups -OCH3 is 1. The number of hydrogen-bond donors (Lipinski definition) is 1. The number of fused-ring (bicyclic) bond motifs is 1. The molecule has 1 aromatic heterocycles. The molecule has 31 heavy (non-hydrogen) atoms. The van der Waals surface area contributed by atoms with Gasteiger partial charge in [-0.05, 0) is 85.0 Å². The Bertz CT molecular complexity index is 1080. The summed E-state index contributed by atoms with van der Waals surface area (Å²) in [6, 6.07) is 16.4. The van der Waals surface area contributed by atoms with Crippen LogP contribution in [0.15, 0.2) is 60.9 Å². The first-order valence-corrected chi connectivity index (χ1v) is 10.7. The highest BCUT2D eigenvalue weighted by Gasteiger charge is 2.22. The number of ether oxygens (including phenoxy) is 1. The number of anilines is 2. The summed E-state index contributed by atoms with van der Waals surface area (Å²) in [4.78, 5) is 17.8. The third kappa shape index (κ3) is 4.55. The lowest BCUT2D eigenvalue weighted by Crippen LogP contribution is -2.14. The molecule has 1 N–H and O–H groups in total. The first-order chi connectivity index (χ1) is 15.1. The Morgan fingerprint density at radius 3 is 2.84 bits per heavy atom. The van der Waals surface area contributed by atoms with E-state index in [2.05, 4.69) is 41.2 Å². The van der Waals surface area contributed by atoms with Crippen molar-refractivity contribution in [3.63, 3.8) is 0 Å². The van der Waals surface area contributed by atoms with Crippen LogP contribution in [-0.4, -0.2) is 30.2 Å². The van der Waals surface area contributed by atoms with Crippen LogP contribution >= 0.6 is 0 Å². The first-order valence-electron chi connectivity index (χ1n) is 10.7. The Morgan fingerprint density at radius 2 is 2.03 bits per heavy atom. The average Bonchev–Trinajstić information content (AvgIpc) is 2.82. The molecular formula is C26H28N2O3. The van der Waals surface area contributed by atoms with Gasteiger partial charge in [-0.1, -0.05) is 12.1 Å². The van der Waals surface area contributed by atoms with Crippen LogP contribution in [0, 0.1) is 0 Å². The summed E-state index contributed by atoms with van der Waals surface area (Å²) in [5.74, 6) is 0.409. The second-order valence-electron chi connectivity index (χ2n) is 8.11. The van der Waals surface area contributed by atoms with E-state index in [1.165, 1.54) is 11.1 Å². The van der Waals surface area contributed by atoms with Gasteiger partial charge in [-0.3, -0.25) is 4.98 Å². The van der Waals surface area contributed by atoms with Crippen molar-refractivity contribution in [3.8, 4) is 5.75 Å². The van der Waals surface area contributed by atoms with E-state index in [4.69, 9.17) is 4.74 Å². The molecule has 3 aromatic rings. The molecule has 0 unspecified atom stereocenters. The number of rotatable bonds is 7. The van der Waals surface area contributed by atoms with Crippen molar-refractivity contribution in [1.82, 2.24) is 4.98 Å². The lowest BCUT2D eigenvalue weighted by molar-refractivity contribution is 0.0695. The molecule has 160 valence electrons. The van der Waals surface area contributed by atoms with Crippen LogP contribution in [0.4, 0.5) is 11.4 Å². The Morgan fingerprint density at radius 1 is 1.19 bits per heavy atom. The van der Waals surface area contributed by atoms with Gasteiger partial charge in [-0.25, -0.2) is 4.79 Å². The summed E-state index contributed by atoms with van der Waals surface area (Å²) >= 11 is 0. The number of nitrogens with zero attached hydrogens (tertiary/aromatic N) is 2. The number of aromatic carboxylic acids is 1. The van der Waals surface area contributed by atoms with Gasteiger partial charge in [0.2, 0.25) is 0 Å². The fourth-order valence-electron chi connectivity index (χ4n) is 4.54. The highest BCUT2D eigenvalue weighted by Crippen LogP contribution is 2.38. The van der Waals surface area contributed by atoms with Crippen molar-refractivity contribution in [3.05, 3.63) is 83.2 Å². The Kier molecular flexibility index (Phi) is 6.21. The highest BCUT2D eigenvalue weighted by atomic mass is 16.5. The number of aryl methyl sites for hydroxylation is 2. The number of benzene rings is 2. The monoisotopic (exact) mass is 416 g/mol. The number of carbonyl (C=O) groups is 1.